The molecule has 4 heteroatoms. The van der Waals surface area contributed by atoms with Crippen molar-refractivity contribution in [1.29, 1.82) is 5.26 Å². The molecule has 92 valence electrons. The summed E-state index contributed by atoms with van der Waals surface area (Å²) in [5.41, 5.74) is 2.37. The van der Waals surface area contributed by atoms with Gasteiger partial charge in [0.05, 0.1) is 17.8 Å². The molecule has 0 unspecified atom stereocenters. The number of halogens is 1. The predicted molar refractivity (Wildman–Crippen MR) is 70.0 cm³/mol. The molecule has 0 saturated carbocycles. The largest absolute Gasteiger partial charge is 0.343 e. The van der Waals surface area contributed by atoms with Gasteiger partial charge in [-0.15, -0.1) is 0 Å². The highest BCUT2D eigenvalue weighted by Crippen LogP contribution is 2.18. The van der Waals surface area contributed by atoms with Crippen LogP contribution in [0.4, 0.5) is 4.39 Å². The van der Waals surface area contributed by atoms with E-state index in [-0.39, 0.29) is 5.82 Å². The highest BCUT2D eigenvalue weighted by molar-refractivity contribution is 5.81. The van der Waals surface area contributed by atoms with Gasteiger partial charge in [-0.25, -0.2) is 4.39 Å². The molecule has 0 radical (unpaired) electrons. The lowest BCUT2D eigenvalue weighted by molar-refractivity contribution is 0.617. The van der Waals surface area contributed by atoms with Crippen molar-refractivity contribution in [3.63, 3.8) is 0 Å². The second kappa shape index (κ2) is 4.54. The molecule has 3 rings (SSSR count). The number of hydrogen-bond acceptors (Lipinski definition) is 2. The van der Waals surface area contributed by atoms with Crippen molar-refractivity contribution < 1.29 is 4.39 Å². The molecule has 3 nitrogen and oxygen atoms in total. The highest BCUT2D eigenvalue weighted by Gasteiger charge is 2.04. The molecular formula is C15H10FN3. The molecule has 0 aliphatic rings. The van der Waals surface area contributed by atoms with E-state index in [9.17, 15) is 4.39 Å². The van der Waals surface area contributed by atoms with Gasteiger partial charge in [0.2, 0.25) is 0 Å². The molecular weight excluding hydrogens is 241 g/mol. The second-order valence-corrected chi connectivity index (χ2v) is 4.34. The van der Waals surface area contributed by atoms with Crippen molar-refractivity contribution >= 4 is 10.9 Å². The molecule has 0 atom stereocenters. The fourth-order valence-corrected chi connectivity index (χ4v) is 2.13. The van der Waals surface area contributed by atoms with Crippen LogP contribution < -0.4 is 0 Å². The van der Waals surface area contributed by atoms with E-state index >= 15 is 0 Å². The third-order valence-electron chi connectivity index (χ3n) is 3.02. The number of fused-ring (bicyclic) bond motifs is 1. The first-order valence-corrected chi connectivity index (χ1v) is 5.85. The molecule has 0 saturated heterocycles. The van der Waals surface area contributed by atoms with E-state index in [1.807, 2.05) is 29.0 Å². The zero-order valence-electron chi connectivity index (χ0n) is 10.0. The van der Waals surface area contributed by atoms with Crippen LogP contribution >= 0.6 is 0 Å². The quantitative estimate of drug-likeness (QED) is 0.702. The number of aromatic nitrogens is 2. The highest BCUT2D eigenvalue weighted by atomic mass is 19.1. The molecule has 19 heavy (non-hydrogen) atoms. The summed E-state index contributed by atoms with van der Waals surface area (Å²) in [6.07, 6.45) is 4.75. The summed E-state index contributed by atoms with van der Waals surface area (Å²) in [5.74, 6) is -0.341. The molecule has 3 aromatic rings. The number of rotatable bonds is 2. The minimum absolute atomic E-state index is 0.341. The van der Waals surface area contributed by atoms with Gasteiger partial charge in [0.1, 0.15) is 5.82 Å². The van der Waals surface area contributed by atoms with E-state index in [1.165, 1.54) is 12.3 Å². The van der Waals surface area contributed by atoms with Gasteiger partial charge in [-0.05, 0) is 35.2 Å². The topological polar surface area (TPSA) is 41.6 Å². The Bertz CT molecular complexity index is 783. The fourth-order valence-electron chi connectivity index (χ4n) is 2.13. The molecule has 2 heterocycles. The Labute approximate surface area is 109 Å². The second-order valence-electron chi connectivity index (χ2n) is 4.34. The molecule has 2 aromatic heterocycles. The van der Waals surface area contributed by atoms with E-state index in [1.54, 1.807) is 12.3 Å². The number of nitriles is 1. The Morgan fingerprint density at radius 2 is 2.11 bits per heavy atom. The first-order chi connectivity index (χ1) is 9.26. The molecule has 0 aliphatic heterocycles. The number of benzene rings is 1. The van der Waals surface area contributed by atoms with E-state index < -0.39 is 0 Å². The Balaban J connectivity index is 2.03. The van der Waals surface area contributed by atoms with E-state index in [0.29, 0.717) is 12.1 Å². The molecule has 1 aromatic carbocycles. The zero-order valence-corrected chi connectivity index (χ0v) is 10.0. The zero-order chi connectivity index (χ0) is 13.2. The van der Waals surface area contributed by atoms with Crippen LogP contribution in [0.2, 0.25) is 0 Å². The lowest BCUT2D eigenvalue weighted by Gasteiger charge is -2.05. The predicted octanol–water partition coefficient (Wildman–Crippen LogP) is 3.10. The molecule has 0 bridgehead atoms. The van der Waals surface area contributed by atoms with Crippen molar-refractivity contribution in [3.8, 4) is 6.07 Å². The first-order valence-electron chi connectivity index (χ1n) is 5.85. The molecule has 0 aliphatic carbocycles. The third kappa shape index (κ3) is 2.18. The van der Waals surface area contributed by atoms with Crippen LogP contribution in [0.3, 0.4) is 0 Å². The van der Waals surface area contributed by atoms with Crippen LogP contribution in [0.15, 0.2) is 48.9 Å². The van der Waals surface area contributed by atoms with E-state index in [4.69, 9.17) is 5.26 Å². The van der Waals surface area contributed by atoms with Crippen molar-refractivity contribution in [2.45, 2.75) is 6.54 Å². The monoisotopic (exact) mass is 251 g/mol. The normalized spacial score (nSPS) is 10.5. The summed E-state index contributed by atoms with van der Waals surface area (Å²) in [5, 5.41) is 9.99. The van der Waals surface area contributed by atoms with Gasteiger partial charge in [-0.3, -0.25) is 4.98 Å². The van der Waals surface area contributed by atoms with Gasteiger partial charge in [0.15, 0.2) is 0 Å². The first kappa shape index (κ1) is 11.4. The molecule has 0 amide bonds. The number of pyridine rings is 1. The maximum absolute atomic E-state index is 13.1. The van der Waals surface area contributed by atoms with Crippen LogP contribution in [0.25, 0.3) is 10.9 Å². The summed E-state index contributed by atoms with van der Waals surface area (Å²) < 4.78 is 15.1. The average molecular weight is 251 g/mol. The Morgan fingerprint density at radius 3 is 2.89 bits per heavy atom. The maximum atomic E-state index is 13.1. The summed E-state index contributed by atoms with van der Waals surface area (Å²) in [6, 6.07) is 11.1. The van der Waals surface area contributed by atoms with Crippen molar-refractivity contribution in [2.75, 3.05) is 0 Å². The van der Waals surface area contributed by atoms with Crippen molar-refractivity contribution in [2.24, 2.45) is 0 Å². The van der Waals surface area contributed by atoms with Gasteiger partial charge in [0.25, 0.3) is 0 Å². The van der Waals surface area contributed by atoms with Crippen molar-refractivity contribution in [3.05, 3.63) is 65.9 Å². The van der Waals surface area contributed by atoms with Crippen molar-refractivity contribution in [1.82, 2.24) is 9.55 Å². The van der Waals surface area contributed by atoms with Crippen LogP contribution in [-0.2, 0) is 6.54 Å². The smallest absolute Gasteiger partial charge is 0.141 e. The lowest BCUT2D eigenvalue weighted by atomic mass is 10.2. The molecule has 0 N–H and O–H groups in total. The summed E-state index contributed by atoms with van der Waals surface area (Å²) in [4.78, 5) is 3.84. The summed E-state index contributed by atoms with van der Waals surface area (Å²) >= 11 is 0. The number of hydrogen-bond donors (Lipinski definition) is 0. The Kier molecular flexibility index (Phi) is 2.73. The molecule has 0 fully saturated rings. The fraction of sp³-hybridized carbons (Fsp3) is 0.0667. The van der Waals surface area contributed by atoms with Gasteiger partial charge < -0.3 is 4.57 Å². The average Bonchev–Trinajstić information content (AvgIpc) is 2.81. The van der Waals surface area contributed by atoms with E-state index in [2.05, 4.69) is 11.1 Å². The third-order valence-corrected chi connectivity index (χ3v) is 3.02. The summed E-state index contributed by atoms with van der Waals surface area (Å²) in [6.45, 7) is 0.531. The summed E-state index contributed by atoms with van der Waals surface area (Å²) in [7, 11) is 0. The van der Waals surface area contributed by atoms with Gasteiger partial charge in [-0.1, -0.05) is 6.07 Å². The molecule has 0 spiro atoms. The minimum Gasteiger partial charge on any atom is -0.343 e. The van der Waals surface area contributed by atoms with Crippen LogP contribution in [-0.4, -0.2) is 9.55 Å². The van der Waals surface area contributed by atoms with E-state index in [0.717, 1.165) is 16.5 Å². The Morgan fingerprint density at radius 1 is 1.21 bits per heavy atom. The van der Waals surface area contributed by atoms with Gasteiger partial charge >= 0.3 is 0 Å². The lowest BCUT2D eigenvalue weighted by Crippen LogP contribution is -1.99. The van der Waals surface area contributed by atoms with Gasteiger partial charge in [-0.2, -0.15) is 5.26 Å². The maximum Gasteiger partial charge on any atom is 0.141 e. The van der Waals surface area contributed by atoms with Crippen LogP contribution in [0.5, 0.6) is 0 Å². The SMILES string of the molecule is N#Cc1ccc2ccn(Cc3cncc(F)c3)c2c1. The Hall–Kier alpha value is -2.67. The standard InChI is InChI=1S/C15H10FN3/c16-14-5-12(8-18-9-14)10-19-4-3-13-2-1-11(7-17)6-15(13)19/h1-6,8-9H,10H2. The van der Waals surface area contributed by atoms with Gasteiger partial charge in [0, 0.05) is 24.5 Å². The minimum atomic E-state index is -0.341. The van der Waals surface area contributed by atoms with Crippen LogP contribution in [0, 0.1) is 17.1 Å². The number of nitrogens with zero attached hydrogens (tertiary/aromatic N) is 3. The van der Waals surface area contributed by atoms with Crippen LogP contribution in [0.1, 0.15) is 11.1 Å².